The normalized spacial score (nSPS) is 12.6. The fourth-order valence-corrected chi connectivity index (χ4v) is 9.99. The van der Waals surface area contributed by atoms with E-state index in [2.05, 4.69) is 31.3 Å². The largest absolute Gasteiger partial charge is 0.466 e. The molecule has 0 bridgehead atoms. The lowest BCUT2D eigenvalue weighted by Crippen LogP contribution is -2.45. The van der Waals surface area contributed by atoms with E-state index in [0.29, 0.717) is 25.9 Å². The van der Waals surface area contributed by atoms with Crippen molar-refractivity contribution in [3.8, 4) is 0 Å². The number of aliphatic hydroxyl groups excluding tert-OH is 2. The van der Waals surface area contributed by atoms with Crippen LogP contribution < -0.4 is 5.32 Å². The highest BCUT2D eigenvalue weighted by Crippen LogP contribution is 2.18. The van der Waals surface area contributed by atoms with Gasteiger partial charge in [0.2, 0.25) is 5.91 Å². The van der Waals surface area contributed by atoms with Gasteiger partial charge in [0.05, 0.1) is 25.4 Å². The van der Waals surface area contributed by atoms with Crippen LogP contribution in [0.2, 0.25) is 0 Å². The number of unbranched alkanes of at least 4 members (excludes halogenated alkanes) is 46. The maximum atomic E-state index is 12.5. The van der Waals surface area contributed by atoms with Gasteiger partial charge in [-0.3, -0.25) is 9.59 Å². The number of hydrogen-bond donors (Lipinski definition) is 3. The maximum Gasteiger partial charge on any atom is 0.305 e. The molecule has 0 aromatic rings. The molecule has 0 heterocycles. The predicted octanol–water partition coefficient (Wildman–Crippen LogP) is 19.6. The highest BCUT2D eigenvalue weighted by Gasteiger charge is 2.20. The fraction of sp³-hybridized carbons (Fsp3) is 0.937. The van der Waals surface area contributed by atoms with Gasteiger partial charge < -0.3 is 20.3 Å². The number of amides is 1. The molecule has 0 spiro atoms. The Balaban J connectivity index is 3.46. The van der Waals surface area contributed by atoms with Crippen molar-refractivity contribution >= 4 is 11.9 Å². The van der Waals surface area contributed by atoms with Gasteiger partial charge >= 0.3 is 5.97 Å². The second-order valence-corrected chi connectivity index (χ2v) is 21.7. The second-order valence-electron chi connectivity index (χ2n) is 21.7. The SMILES string of the molecule is CCCCCCCCCCCCCCCCCCCCCCCCCCC(O)C(CO)NC(=O)CCCCCCC/C=C\CCCCCOC(=O)CCCCCCCCCCCCCCCCCC. The molecule has 0 aromatic heterocycles. The van der Waals surface area contributed by atoms with E-state index in [9.17, 15) is 19.8 Å². The molecule has 0 aliphatic carbocycles. The highest BCUT2D eigenvalue weighted by molar-refractivity contribution is 5.76. The minimum absolute atomic E-state index is 0.0179. The third kappa shape index (κ3) is 55.8. The van der Waals surface area contributed by atoms with E-state index in [-0.39, 0.29) is 18.5 Å². The summed E-state index contributed by atoms with van der Waals surface area (Å²) in [6.45, 7) is 4.93. The Morgan fingerprint density at radius 2 is 0.681 bits per heavy atom. The quantitative estimate of drug-likeness (QED) is 0.0321. The first-order valence-electron chi connectivity index (χ1n) is 31.4. The molecule has 0 radical (unpaired) electrons. The molecule has 410 valence electrons. The first-order valence-corrected chi connectivity index (χ1v) is 31.4. The number of rotatable bonds is 59. The maximum absolute atomic E-state index is 12.5. The van der Waals surface area contributed by atoms with Crippen LogP contribution in [0.3, 0.4) is 0 Å². The zero-order valence-corrected chi connectivity index (χ0v) is 46.8. The lowest BCUT2D eigenvalue weighted by Gasteiger charge is -2.22. The van der Waals surface area contributed by atoms with Gasteiger partial charge in [-0.2, -0.15) is 0 Å². The van der Waals surface area contributed by atoms with E-state index in [1.807, 2.05) is 0 Å². The molecular weight excluding hydrogens is 851 g/mol. The average Bonchev–Trinajstić information content (AvgIpc) is 3.35. The Morgan fingerprint density at radius 3 is 1.03 bits per heavy atom. The topological polar surface area (TPSA) is 95.9 Å². The molecule has 1 amide bonds. The first kappa shape index (κ1) is 67.6. The number of carbonyl (C=O) groups excluding carboxylic acids is 2. The summed E-state index contributed by atoms with van der Waals surface area (Å²) in [6, 6.07) is -0.560. The molecule has 0 fully saturated rings. The van der Waals surface area contributed by atoms with Gasteiger partial charge in [-0.15, -0.1) is 0 Å². The summed E-state index contributed by atoms with van der Waals surface area (Å²) in [5.41, 5.74) is 0. The van der Waals surface area contributed by atoms with Gasteiger partial charge in [-0.25, -0.2) is 0 Å². The molecule has 6 nitrogen and oxygen atoms in total. The first-order chi connectivity index (χ1) is 34.0. The van der Waals surface area contributed by atoms with E-state index >= 15 is 0 Å². The summed E-state index contributed by atoms with van der Waals surface area (Å²) in [4.78, 5) is 24.6. The summed E-state index contributed by atoms with van der Waals surface area (Å²) >= 11 is 0. The summed E-state index contributed by atoms with van der Waals surface area (Å²) in [7, 11) is 0. The highest BCUT2D eigenvalue weighted by atomic mass is 16.5. The van der Waals surface area contributed by atoms with Crippen LogP contribution in [0.25, 0.3) is 0 Å². The zero-order chi connectivity index (χ0) is 50.0. The van der Waals surface area contributed by atoms with Gasteiger partial charge in [0.1, 0.15) is 0 Å². The third-order valence-corrected chi connectivity index (χ3v) is 14.8. The van der Waals surface area contributed by atoms with Crippen LogP contribution in [0, 0.1) is 0 Å². The molecule has 6 heteroatoms. The van der Waals surface area contributed by atoms with Crippen molar-refractivity contribution in [2.75, 3.05) is 13.2 Å². The van der Waals surface area contributed by atoms with Crippen LogP contribution in [0.5, 0.6) is 0 Å². The number of esters is 1. The van der Waals surface area contributed by atoms with Crippen LogP contribution in [-0.4, -0.2) is 47.4 Å². The summed E-state index contributed by atoms with van der Waals surface area (Å²) < 4.78 is 5.47. The molecule has 0 saturated carbocycles. The van der Waals surface area contributed by atoms with Crippen molar-refractivity contribution in [3.05, 3.63) is 12.2 Å². The Bertz CT molecular complexity index is 1030. The minimum Gasteiger partial charge on any atom is -0.466 e. The van der Waals surface area contributed by atoms with Gasteiger partial charge in [0.15, 0.2) is 0 Å². The molecule has 2 atom stereocenters. The smallest absolute Gasteiger partial charge is 0.305 e. The molecule has 0 saturated heterocycles. The lowest BCUT2D eigenvalue weighted by molar-refractivity contribution is -0.143. The number of ether oxygens (including phenoxy) is 1. The molecule has 2 unspecified atom stereocenters. The number of allylic oxidation sites excluding steroid dienone is 2. The van der Waals surface area contributed by atoms with E-state index in [1.165, 1.54) is 244 Å². The third-order valence-electron chi connectivity index (χ3n) is 14.8. The molecule has 3 N–H and O–H groups in total. The average molecular weight is 975 g/mol. The van der Waals surface area contributed by atoms with Crippen LogP contribution in [0.1, 0.15) is 354 Å². The Kier molecular flexibility index (Phi) is 58.0. The molecule has 0 aliphatic heterocycles. The number of carbonyl (C=O) groups is 2. The Hall–Kier alpha value is -1.40. The molecule has 0 aromatic carbocycles. The summed E-state index contributed by atoms with van der Waals surface area (Å²) in [5.74, 6) is -0.0741. The van der Waals surface area contributed by atoms with Crippen molar-refractivity contribution in [1.29, 1.82) is 0 Å². The van der Waals surface area contributed by atoms with Gasteiger partial charge in [-0.05, 0) is 57.8 Å². The molecule has 69 heavy (non-hydrogen) atoms. The van der Waals surface area contributed by atoms with Crippen LogP contribution in [0.4, 0.5) is 0 Å². The molecule has 0 rings (SSSR count). The van der Waals surface area contributed by atoms with Crippen LogP contribution in [-0.2, 0) is 14.3 Å². The van der Waals surface area contributed by atoms with Crippen LogP contribution >= 0.6 is 0 Å². The van der Waals surface area contributed by atoms with Gasteiger partial charge in [-0.1, -0.05) is 296 Å². The van der Waals surface area contributed by atoms with Crippen molar-refractivity contribution in [1.82, 2.24) is 5.32 Å². The van der Waals surface area contributed by atoms with Crippen LogP contribution in [0.15, 0.2) is 12.2 Å². The van der Waals surface area contributed by atoms with Gasteiger partial charge in [0, 0.05) is 12.8 Å². The second kappa shape index (κ2) is 59.2. The standard InChI is InChI=1S/C63H123NO5/c1-3-5-7-9-11-13-15-17-19-21-22-23-24-25-26-27-28-29-31-35-39-43-47-51-55-61(66)60(59-65)64-62(67)56-52-48-44-40-36-33-34-38-42-46-50-54-58-69-63(68)57-53-49-45-41-37-32-30-20-18-16-14-12-10-8-6-4-2/h34,38,60-61,65-66H,3-33,35-37,39-59H2,1-2H3,(H,64,67)/b38-34-. The summed E-state index contributed by atoms with van der Waals surface area (Å²) in [6.07, 6.45) is 70.8. The van der Waals surface area contributed by atoms with Crippen molar-refractivity contribution in [2.45, 2.75) is 366 Å². The van der Waals surface area contributed by atoms with Crippen molar-refractivity contribution in [3.63, 3.8) is 0 Å². The Morgan fingerprint density at radius 1 is 0.391 bits per heavy atom. The monoisotopic (exact) mass is 974 g/mol. The minimum atomic E-state index is -0.681. The fourth-order valence-electron chi connectivity index (χ4n) is 9.99. The lowest BCUT2D eigenvalue weighted by atomic mass is 10.0. The Labute approximate surface area is 431 Å². The predicted molar refractivity (Wildman–Crippen MR) is 301 cm³/mol. The summed E-state index contributed by atoms with van der Waals surface area (Å²) in [5, 5.41) is 23.4. The molecular formula is C63H123NO5. The van der Waals surface area contributed by atoms with Crippen molar-refractivity contribution < 1.29 is 24.5 Å². The van der Waals surface area contributed by atoms with E-state index in [1.54, 1.807) is 0 Å². The molecule has 0 aliphatic rings. The zero-order valence-electron chi connectivity index (χ0n) is 46.8. The van der Waals surface area contributed by atoms with E-state index < -0.39 is 12.1 Å². The van der Waals surface area contributed by atoms with E-state index in [0.717, 1.165) is 77.0 Å². The number of nitrogens with one attached hydrogen (secondary N) is 1. The van der Waals surface area contributed by atoms with Crippen molar-refractivity contribution in [2.24, 2.45) is 0 Å². The van der Waals surface area contributed by atoms with E-state index in [4.69, 9.17) is 4.74 Å². The number of hydrogen-bond acceptors (Lipinski definition) is 5. The number of aliphatic hydroxyl groups is 2. The van der Waals surface area contributed by atoms with Gasteiger partial charge in [0.25, 0.3) is 0 Å².